The molecule has 2 aromatic carbocycles. The van der Waals surface area contributed by atoms with Gasteiger partial charge in [0.25, 0.3) is 0 Å². The normalized spacial score (nSPS) is 17.1. The molecule has 1 unspecified atom stereocenters. The van der Waals surface area contributed by atoms with E-state index in [1.165, 1.54) is 17.5 Å². The number of anilines is 1. The largest absolute Gasteiger partial charge is 0.497 e. The fourth-order valence-electron chi connectivity index (χ4n) is 4.01. The number of methoxy groups -OCH3 is 1. The Morgan fingerprint density at radius 2 is 1.83 bits per heavy atom. The minimum Gasteiger partial charge on any atom is -0.497 e. The number of amides is 1. The van der Waals surface area contributed by atoms with E-state index in [1.54, 1.807) is 19.1 Å². The Morgan fingerprint density at radius 3 is 2.43 bits per heavy atom. The molecule has 0 aliphatic carbocycles. The van der Waals surface area contributed by atoms with Gasteiger partial charge in [0.2, 0.25) is 15.9 Å². The van der Waals surface area contributed by atoms with E-state index < -0.39 is 16.1 Å². The minimum absolute atomic E-state index is 0.185. The Bertz CT molecular complexity index is 1010. The lowest BCUT2D eigenvalue weighted by molar-refractivity contribution is -0.119. The van der Waals surface area contributed by atoms with Crippen molar-refractivity contribution >= 4 is 21.6 Å². The van der Waals surface area contributed by atoms with Crippen LogP contribution in [0, 0.1) is 6.92 Å². The second kappa shape index (κ2) is 9.18. The van der Waals surface area contributed by atoms with Crippen LogP contribution in [0.4, 0.5) is 5.69 Å². The molecule has 0 saturated carbocycles. The third kappa shape index (κ3) is 4.23. The van der Waals surface area contributed by atoms with Crippen LogP contribution >= 0.6 is 0 Å². The molecule has 1 aliphatic heterocycles. The second-order valence-corrected chi connectivity index (χ2v) is 9.41. The number of sulfonamides is 1. The van der Waals surface area contributed by atoms with Gasteiger partial charge < -0.3 is 10.1 Å². The van der Waals surface area contributed by atoms with Gasteiger partial charge in [-0.15, -0.1) is 0 Å². The molecule has 1 heterocycles. The Morgan fingerprint density at radius 1 is 1.17 bits per heavy atom. The lowest BCUT2D eigenvalue weighted by atomic mass is 10.0. The summed E-state index contributed by atoms with van der Waals surface area (Å²) in [5.41, 5.74) is 3.55. The number of para-hydroxylation sites is 1. The summed E-state index contributed by atoms with van der Waals surface area (Å²) in [6, 6.07) is 10.2. The first-order chi connectivity index (χ1) is 14.3. The molecule has 7 heteroatoms. The lowest BCUT2D eigenvalue weighted by Gasteiger charge is -2.25. The molecule has 0 bridgehead atoms. The Labute approximate surface area is 179 Å². The van der Waals surface area contributed by atoms with Crippen LogP contribution in [0.3, 0.4) is 0 Å². The standard InChI is InChI=1S/C23H30N2O4S/c1-5-17-9-7-10-18(6-2)22(17)24-23(26)20-11-8-14-25(20)30(27,28)21-15-19(29-4)13-12-16(21)3/h7,9-10,12-13,15,20H,5-6,8,11,14H2,1-4H3,(H,24,26). The van der Waals surface area contributed by atoms with Crippen LogP contribution in [0.1, 0.15) is 43.4 Å². The summed E-state index contributed by atoms with van der Waals surface area (Å²) >= 11 is 0. The summed E-state index contributed by atoms with van der Waals surface area (Å²) < 4.78 is 33.4. The van der Waals surface area contributed by atoms with Gasteiger partial charge >= 0.3 is 0 Å². The predicted octanol–water partition coefficient (Wildman–Crippen LogP) is 3.92. The van der Waals surface area contributed by atoms with Gasteiger partial charge in [-0.05, 0) is 55.4 Å². The maximum absolute atomic E-state index is 13.4. The molecule has 1 aliphatic rings. The van der Waals surface area contributed by atoms with Crippen LogP contribution in [0.5, 0.6) is 5.75 Å². The van der Waals surface area contributed by atoms with Gasteiger partial charge in [-0.25, -0.2) is 8.42 Å². The molecule has 1 N–H and O–H groups in total. The molecule has 6 nitrogen and oxygen atoms in total. The van der Waals surface area contributed by atoms with Crippen molar-refractivity contribution in [2.75, 3.05) is 19.0 Å². The highest BCUT2D eigenvalue weighted by Crippen LogP contribution is 2.31. The molecule has 30 heavy (non-hydrogen) atoms. The molecular formula is C23H30N2O4S. The maximum Gasteiger partial charge on any atom is 0.244 e. The number of carbonyl (C=O) groups is 1. The van der Waals surface area contributed by atoms with E-state index in [9.17, 15) is 13.2 Å². The molecular weight excluding hydrogens is 400 g/mol. The van der Waals surface area contributed by atoms with Crippen LogP contribution < -0.4 is 10.1 Å². The van der Waals surface area contributed by atoms with Crippen molar-refractivity contribution in [3.8, 4) is 5.75 Å². The highest BCUT2D eigenvalue weighted by atomic mass is 32.2. The van der Waals surface area contributed by atoms with Crippen molar-refractivity contribution in [3.05, 3.63) is 53.1 Å². The minimum atomic E-state index is -3.83. The molecule has 2 aromatic rings. The first-order valence-electron chi connectivity index (χ1n) is 10.4. The van der Waals surface area contributed by atoms with Gasteiger partial charge in [-0.2, -0.15) is 4.31 Å². The van der Waals surface area contributed by atoms with Crippen molar-refractivity contribution in [2.45, 2.75) is 57.4 Å². The van der Waals surface area contributed by atoms with Crippen LogP contribution in [0.15, 0.2) is 41.3 Å². The molecule has 1 fully saturated rings. The van der Waals surface area contributed by atoms with Gasteiger partial charge in [-0.1, -0.05) is 38.1 Å². The summed E-state index contributed by atoms with van der Waals surface area (Å²) in [6.45, 7) is 6.17. The number of carbonyl (C=O) groups excluding carboxylic acids is 1. The SMILES string of the molecule is CCc1cccc(CC)c1NC(=O)C1CCCN1S(=O)(=O)c1cc(OC)ccc1C. The number of hydrogen-bond donors (Lipinski definition) is 1. The molecule has 1 amide bonds. The fourth-order valence-corrected chi connectivity index (χ4v) is 5.91. The number of rotatable bonds is 7. The number of ether oxygens (including phenoxy) is 1. The zero-order valence-corrected chi connectivity index (χ0v) is 18.9. The topological polar surface area (TPSA) is 75.7 Å². The van der Waals surface area contributed by atoms with Crippen molar-refractivity contribution in [3.63, 3.8) is 0 Å². The van der Waals surface area contributed by atoms with Crippen molar-refractivity contribution < 1.29 is 17.9 Å². The van der Waals surface area contributed by atoms with Gasteiger partial charge in [0.1, 0.15) is 11.8 Å². The first-order valence-corrected chi connectivity index (χ1v) is 11.9. The Hall–Kier alpha value is -2.38. The summed E-state index contributed by atoms with van der Waals surface area (Å²) in [4.78, 5) is 13.4. The van der Waals surface area contributed by atoms with E-state index in [1.807, 2.05) is 32.0 Å². The molecule has 1 saturated heterocycles. The molecule has 0 radical (unpaired) electrons. The zero-order valence-electron chi connectivity index (χ0n) is 18.1. The monoisotopic (exact) mass is 430 g/mol. The average molecular weight is 431 g/mol. The first kappa shape index (κ1) is 22.3. The molecule has 162 valence electrons. The number of benzene rings is 2. The van der Waals surface area contributed by atoms with E-state index in [0.717, 1.165) is 29.7 Å². The molecule has 1 atom stereocenters. The van der Waals surface area contributed by atoms with Crippen molar-refractivity contribution in [1.29, 1.82) is 0 Å². The fraction of sp³-hybridized carbons (Fsp3) is 0.435. The van der Waals surface area contributed by atoms with E-state index >= 15 is 0 Å². The Kier molecular flexibility index (Phi) is 6.83. The second-order valence-electron chi connectivity index (χ2n) is 7.55. The van der Waals surface area contributed by atoms with Gasteiger partial charge in [0.15, 0.2) is 0 Å². The summed E-state index contributed by atoms with van der Waals surface area (Å²) in [7, 11) is -2.32. The van der Waals surface area contributed by atoms with Crippen molar-refractivity contribution in [2.24, 2.45) is 0 Å². The van der Waals surface area contributed by atoms with E-state index in [0.29, 0.717) is 30.7 Å². The molecule has 0 spiro atoms. The van der Waals surface area contributed by atoms with Crippen LogP contribution in [-0.2, 0) is 27.7 Å². The summed E-state index contributed by atoms with van der Waals surface area (Å²) in [5.74, 6) is 0.205. The van der Waals surface area contributed by atoms with E-state index in [2.05, 4.69) is 5.32 Å². The van der Waals surface area contributed by atoms with Gasteiger partial charge in [0.05, 0.1) is 12.0 Å². The maximum atomic E-state index is 13.4. The predicted molar refractivity (Wildman–Crippen MR) is 118 cm³/mol. The molecule has 0 aromatic heterocycles. The summed E-state index contributed by atoms with van der Waals surface area (Å²) in [5, 5.41) is 3.04. The quantitative estimate of drug-likeness (QED) is 0.722. The third-order valence-corrected chi connectivity index (χ3v) is 7.79. The average Bonchev–Trinajstić information content (AvgIpc) is 3.25. The van der Waals surface area contributed by atoms with Crippen LogP contribution in [0.2, 0.25) is 0 Å². The Balaban J connectivity index is 1.92. The van der Waals surface area contributed by atoms with Crippen LogP contribution in [-0.4, -0.2) is 38.3 Å². The van der Waals surface area contributed by atoms with Gasteiger partial charge in [0, 0.05) is 18.3 Å². The summed E-state index contributed by atoms with van der Waals surface area (Å²) in [6.07, 6.45) is 2.73. The zero-order chi connectivity index (χ0) is 21.9. The highest BCUT2D eigenvalue weighted by molar-refractivity contribution is 7.89. The van der Waals surface area contributed by atoms with E-state index in [-0.39, 0.29) is 10.8 Å². The third-order valence-electron chi connectivity index (χ3n) is 5.74. The van der Waals surface area contributed by atoms with Gasteiger partial charge in [-0.3, -0.25) is 4.79 Å². The number of nitrogens with one attached hydrogen (secondary N) is 1. The number of aryl methyl sites for hydroxylation is 3. The van der Waals surface area contributed by atoms with E-state index in [4.69, 9.17) is 4.74 Å². The highest BCUT2D eigenvalue weighted by Gasteiger charge is 2.40. The number of hydrogen-bond acceptors (Lipinski definition) is 4. The smallest absolute Gasteiger partial charge is 0.244 e. The lowest BCUT2D eigenvalue weighted by Crippen LogP contribution is -2.43. The van der Waals surface area contributed by atoms with Crippen LogP contribution in [0.25, 0.3) is 0 Å². The van der Waals surface area contributed by atoms with Crippen molar-refractivity contribution in [1.82, 2.24) is 4.31 Å². The molecule has 3 rings (SSSR count). The number of nitrogens with zero attached hydrogens (tertiary/aromatic N) is 1.